The molecular formula is C23H15BrFNO3. The van der Waals surface area contributed by atoms with Crippen LogP contribution >= 0.6 is 15.9 Å². The molecule has 3 aromatic rings. The highest BCUT2D eigenvalue weighted by Gasteiger charge is 2.24. The Labute approximate surface area is 175 Å². The first-order valence-electron chi connectivity index (χ1n) is 8.83. The molecule has 4 rings (SSSR count). The van der Waals surface area contributed by atoms with Crippen LogP contribution in [0.3, 0.4) is 0 Å². The molecule has 0 unspecified atom stereocenters. The van der Waals surface area contributed by atoms with E-state index < -0.39 is 5.97 Å². The number of carbonyl (C=O) groups excluding carboxylic acids is 1. The summed E-state index contributed by atoms with van der Waals surface area (Å²) in [5.41, 5.74) is 2.12. The maximum Gasteiger partial charge on any atom is 0.363 e. The summed E-state index contributed by atoms with van der Waals surface area (Å²) in [7, 11) is 0. The monoisotopic (exact) mass is 451 g/mol. The van der Waals surface area contributed by atoms with Crippen molar-refractivity contribution in [3.8, 4) is 5.75 Å². The normalized spacial score (nSPS) is 14.6. The van der Waals surface area contributed by atoms with Gasteiger partial charge in [-0.1, -0.05) is 46.3 Å². The van der Waals surface area contributed by atoms with E-state index in [0.717, 1.165) is 10.0 Å². The van der Waals surface area contributed by atoms with Crippen molar-refractivity contribution in [1.82, 2.24) is 0 Å². The van der Waals surface area contributed by atoms with Gasteiger partial charge in [0.2, 0.25) is 5.90 Å². The highest BCUT2D eigenvalue weighted by Crippen LogP contribution is 2.23. The van der Waals surface area contributed by atoms with Crippen LogP contribution in [0.4, 0.5) is 4.39 Å². The molecule has 0 amide bonds. The lowest BCUT2D eigenvalue weighted by Gasteiger charge is -2.07. The Bertz CT molecular complexity index is 1120. The maximum absolute atomic E-state index is 13.7. The van der Waals surface area contributed by atoms with E-state index in [9.17, 15) is 9.18 Å². The number of aliphatic imine (C=N–C) groups is 1. The summed E-state index contributed by atoms with van der Waals surface area (Å²) in [6, 6.07) is 20.9. The van der Waals surface area contributed by atoms with E-state index in [1.807, 2.05) is 30.3 Å². The highest BCUT2D eigenvalue weighted by atomic mass is 79.9. The van der Waals surface area contributed by atoms with Gasteiger partial charge in [-0.15, -0.1) is 0 Å². The second-order valence-corrected chi connectivity index (χ2v) is 7.21. The Hall–Kier alpha value is -3.25. The lowest BCUT2D eigenvalue weighted by Crippen LogP contribution is -2.05. The van der Waals surface area contributed by atoms with Crippen LogP contribution in [0.2, 0.25) is 0 Å². The van der Waals surface area contributed by atoms with Gasteiger partial charge in [0.15, 0.2) is 5.70 Å². The first-order chi connectivity index (χ1) is 14.1. The summed E-state index contributed by atoms with van der Waals surface area (Å²) in [5.74, 6) is 0.00154. The average Bonchev–Trinajstić information content (AvgIpc) is 3.08. The molecule has 29 heavy (non-hydrogen) atoms. The molecule has 0 fully saturated rings. The topological polar surface area (TPSA) is 47.9 Å². The molecule has 0 aliphatic carbocycles. The summed E-state index contributed by atoms with van der Waals surface area (Å²) in [6.07, 6.45) is 1.63. The number of hydrogen-bond donors (Lipinski definition) is 0. The third-order valence-electron chi connectivity index (χ3n) is 4.23. The van der Waals surface area contributed by atoms with Gasteiger partial charge in [0, 0.05) is 15.6 Å². The van der Waals surface area contributed by atoms with E-state index in [1.54, 1.807) is 42.5 Å². The Kier molecular flexibility index (Phi) is 5.53. The fourth-order valence-electron chi connectivity index (χ4n) is 2.75. The summed E-state index contributed by atoms with van der Waals surface area (Å²) in [6.45, 7) is 0.112. The Balaban J connectivity index is 1.52. The number of cyclic esters (lactones) is 1. The van der Waals surface area contributed by atoms with E-state index >= 15 is 0 Å². The summed E-state index contributed by atoms with van der Waals surface area (Å²) < 4.78 is 25.6. The molecule has 4 nitrogen and oxygen atoms in total. The molecule has 1 heterocycles. The molecule has 0 saturated heterocycles. The van der Waals surface area contributed by atoms with Crippen LogP contribution in [0.5, 0.6) is 5.75 Å². The summed E-state index contributed by atoms with van der Waals surface area (Å²) in [4.78, 5) is 16.5. The number of halogens is 2. The number of ether oxygens (including phenoxy) is 2. The van der Waals surface area contributed by atoms with Crippen LogP contribution in [0, 0.1) is 5.82 Å². The van der Waals surface area contributed by atoms with Gasteiger partial charge in [-0.2, -0.15) is 0 Å². The molecule has 1 aliphatic heterocycles. The van der Waals surface area contributed by atoms with E-state index in [2.05, 4.69) is 20.9 Å². The van der Waals surface area contributed by atoms with E-state index in [4.69, 9.17) is 9.47 Å². The van der Waals surface area contributed by atoms with Crippen LogP contribution in [0.15, 0.2) is 88.0 Å². The second-order valence-electron chi connectivity index (χ2n) is 6.30. The first kappa shape index (κ1) is 19.1. The lowest BCUT2D eigenvalue weighted by atomic mass is 10.2. The minimum absolute atomic E-state index is 0.112. The standard InChI is InChI=1S/C23H15BrFNO3/c24-18-10-8-16(9-11-18)22-26-21(23(27)29-22)13-15-4-3-6-19(12-15)28-14-17-5-1-2-7-20(17)25/h1-13H,14H2/b21-13-. The van der Waals surface area contributed by atoms with Gasteiger partial charge < -0.3 is 9.47 Å². The molecule has 1 aliphatic rings. The van der Waals surface area contributed by atoms with Gasteiger partial charge in [0.05, 0.1) is 0 Å². The average molecular weight is 452 g/mol. The van der Waals surface area contributed by atoms with E-state index in [1.165, 1.54) is 6.07 Å². The molecule has 3 aromatic carbocycles. The molecule has 144 valence electrons. The smallest absolute Gasteiger partial charge is 0.363 e. The molecule has 6 heteroatoms. The Morgan fingerprint density at radius 2 is 1.83 bits per heavy atom. The molecule has 0 spiro atoms. The number of nitrogens with zero attached hydrogens (tertiary/aromatic N) is 1. The number of carbonyl (C=O) groups is 1. The second kappa shape index (κ2) is 8.41. The lowest BCUT2D eigenvalue weighted by molar-refractivity contribution is -0.129. The summed E-state index contributed by atoms with van der Waals surface area (Å²) >= 11 is 3.37. The maximum atomic E-state index is 13.7. The van der Waals surface area contributed by atoms with Gasteiger partial charge in [0.25, 0.3) is 0 Å². The number of benzene rings is 3. The van der Waals surface area contributed by atoms with Crippen molar-refractivity contribution in [2.75, 3.05) is 0 Å². The van der Waals surface area contributed by atoms with Crippen molar-refractivity contribution in [2.24, 2.45) is 4.99 Å². The van der Waals surface area contributed by atoms with Gasteiger partial charge in [-0.05, 0) is 54.1 Å². The fraction of sp³-hybridized carbons (Fsp3) is 0.0435. The third-order valence-corrected chi connectivity index (χ3v) is 4.75. The quantitative estimate of drug-likeness (QED) is 0.379. The molecule has 0 saturated carbocycles. The minimum atomic E-state index is -0.513. The first-order valence-corrected chi connectivity index (χ1v) is 9.62. The molecule has 0 radical (unpaired) electrons. The minimum Gasteiger partial charge on any atom is -0.489 e. The van der Waals surface area contributed by atoms with Crippen LogP contribution in [0.1, 0.15) is 16.7 Å². The van der Waals surface area contributed by atoms with Crippen LogP contribution < -0.4 is 4.74 Å². The van der Waals surface area contributed by atoms with Crippen LogP contribution in [0.25, 0.3) is 6.08 Å². The molecule has 0 bridgehead atoms. The van der Waals surface area contributed by atoms with Crippen molar-refractivity contribution in [3.63, 3.8) is 0 Å². The number of rotatable bonds is 5. The van der Waals surface area contributed by atoms with Crippen molar-refractivity contribution in [3.05, 3.63) is 105 Å². The Morgan fingerprint density at radius 3 is 2.62 bits per heavy atom. The van der Waals surface area contributed by atoms with Crippen LogP contribution in [-0.4, -0.2) is 11.9 Å². The number of esters is 1. The Morgan fingerprint density at radius 1 is 1.03 bits per heavy atom. The predicted octanol–water partition coefficient (Wildman–Crippen LogP) is 5.51. The van der Waals surface area contributed by atoms with Crippen molar-refractivity contribution >= 4 is 33.9 Å². The van der Waals surface area contributed by atoms with E-state index in [0.29, 0.717) is 16.9 Å². The highest BCUT2D eigenvalue weighted by molar-refractivity contribution is 9.10. The summed E-state index contributed by atoms with van der Waals surface area (Å²) in [5, 5.41) is 0. The SMILES string of the molecule is O=C1OC(c2ccc(Br)cc2)=N/C1=C\c1cccc(OCc2ccccc2F)c1. The number of hydrogen-bond acceptors (Lipinski definition) is 4. The predicted molar refractivity (Wildman–Crippen MR) is 112 cm³/mol. The van der Waals surface area contributed by atoms with Gasteiger partial charge in [-0.25, -0.2) is 14.2 Å². The van der Waals surface area contributed by atoms with Gasteiger partial charge >= 0.3 is 5.97 Å². The van der Waals surface area contributed by atoms with Crippen molar-refractivity contribution in [2.45, 2.75) is 6.61 Å². The zero-order valence-corrected chi connectivity index (χ0v) is 16.7. The zero-order chi connectivity index (χ0) is 20.2. The molecule has 0 aromatic heterocycles. The molecule has 0 N–H and O–H groups in total. The zero-order valence-electron chi connectivity index (χ0n) is 15.1. The molecular weight excluding hydrogens is 437 g/mol. The van der Waals surface area contributed by atoms with Crippen molar-refractivity contribution < 1.29 is 18.7 Å². The fourth-order valence-corrected chi connectivity index (χ4v) is 3.02. The van der Waals surface area contributed by atoms with Gasteiger partial charge in [0.1, 0.15) is 18.2 Å². The van der Waals surface area contributed by atoms with Crippen molar-refractivity contribution in [1.29, 1.82) is 0 Å². The largest absolute Gasteiger partial charge is 0.489 e. The van der Waals surface area contributed by atoms with E-state index in [-0.39, 0.29) is 24.0 Å². The molecule has 0 atom stereocenters. The van der Waals surface area contributed by atoms with Gasteiger partial charge in [-0.3, -0.25) is 0 Å². The van der Waals surface area contributed by atoms with Crippen LogP contribution in [-0.2, 0) is 16.1 Å². The third kappa shape index (κ3) is 4.60.